The number of hydrogen-bond acceptors (Lipinski definition) is 0. The molecular formula is C8H9ClSi. The first-order chi connectivity index (χ1) is 4.70. The molecule has 0 amide bonds. The highest BCUT2D eigenvalue weighted by Gasteiger charge is 1.90. The van der Waals surface area contributed by atoms with Crippen LogP contribution in [-0.4, -0.2) is 10.2 Å². The van der Waals surface area contributed by atoms with E-state index in [0.717, 1.165) is 15.3 Å². The second kappa shape index (κ2) is 3.04. The van der Waals surface area contributed by atoms with Crippen LogP contribution in [-0.2, 0) is 0 Å². The van der Waals surface area contributed by atoms with Crippen LogP contribution in [0.2, 0.25) is 5.02 Å². The molecule has 1 aromatic rings. The molecule has 0 bridgehead atoms. The van der Waals surface area contributed by atoms with Crippen LogP contribution in [0.1, 0.15) is 5.56 Å². The Bertz CT molecular complexity index is 238. The summed E-state index contributed by atoms with van der Waals surface area (Å²) in [5.41, 5.74) is 1.20. The van der Waals surface area contributed by atoms with Gasteiger partial charge in [-0.2, -0.15) is 0 Å². The van der Waals surface area contributed by atoms with Gasteiger partial charge in [-0.1, -0.05) is 28.9 Å². The Hall–Kier alpha value is -0.533. The first-order valence-electron chi connectivity index (χ1n) is 3.11. The fraction of sp³-hybridized carbons (Fsp3) is 0. The molecule has 0 fully saturated rings. The van der Waals surface area contributed by atoms with Crippen molar-refractivity contribution in [1.82, 2.24) is 0 Å². The molecule has 0 nitrogen and oxygen atoms in total. The molecule has 0 radical (unpaired) electrons. The summed E-state index contributed by atoms with van der Waals surface area (Å²) in [6.45, 7) is 3.87. The van der Waals surface area contributed by atoms with Crippen molar-refractivity contribution in [2.45, 2.75) is 0 Å². The van der Waals surface area contributed by atoms with E-state index in [1.54, 1.807) is 0 Å². The van der Waals surface area contributed by atoms with Crippen molar-refractivity contribution in [3.05, 3.63) is 41.4 Å². The maximum atomic E-state index is 5.70. The van der Waals surface area contributed by atoms with E-state index >= 15 is 0 Å². The fourth-order valence-corrected chi connectivity index (χ4v) is 1.19. The first kappa shape index (κ1) is 7.57. The van der Waals surface area contributed by atoms with Gasteiger partial charge < -0.3 is 0 Å². The number of benzene rings is 1. The Labute approximate surface area is 68.9 Å². The largest absolute Gasteiger partial charge is 0.100 e. The SMILES string of the molecule is C=C([SiH3])c1ccc(Cl)cc1. The van der Waals surface area contributed by atoms with Gasteiger partial charge in [-0.05, 0) is 17.7 Å². The van der Waals surface area contributed by atoms with Crippen molar-refractivity contribution < 1.29 is 0 Å². The minimum Gasteiger partial charge on any atom is -0.100 e. The molecule has 0 aliphatic rings. The number of rotatable bonds is 1. The van der Waals surface area contributed by atoms with Crippen LogP contribution in [0.4, 0.5) is 0 Å². The van der Waals surface area contributed by atoms with E-state index in [2.05, 4.69) is 6.58 Å². The standard InChI is InChI=1S/C8H9ClSi/c1-6(10)7-2-4-8(9)5-3-7/h2-5H,1H2,10H3. The molecule has 1 aromatic carbocycles. The van der Waals surface area contributed by atoms with Gasteiger partial charge in [-0.15, -0.1) is 6.58 Å². The van der Waals surface area contributed by atoms with Gasteiger partial charge >= 0.3 is 0 Å². The summed E-state index contributed by atoms with van der Waals surface area (Å²) in [5, 5.41) is 1.99. The van der Waals surface area contributed by atoms with Gasteiger partial charge in [0.25, 0.3) is 0 Å². The highest BCUT2D eigenvalue weighted by Crippen LogP contribution is 2.13. The summed E-state index contributed by atoms with van der Waals surface area (Å²) in [6, 6.07) is 7.77. The minimum atomic E-state index is 0.784. The van der Waals surface area contributed by atoms with Gasteiger partial charge in [-0.3, -0.25) is 0 Å². The maximum absolute atomic E-state index is 5.70. The lowest BCUT2D eigenvalue weighted by atomic mass is 10.2. The van der Waals surface area contributed by atoms with Crippen molar-refractivity contribution in [3.8, 4) is 0 Å². The topological polar surface area (TPSA) is 0 Å². The molecule has 0 atom stereocenters. The lowest BCUT2D eigenvalue weighted by Gasteiger charge is -1.97. The molecule has 0 aromatic heterocycles. The monoisotopic (exact) mass is 168 g/mol. The molecule has 0 unspecified atom stereocenters. The van der Waals surface area contributed by atoms with Crippen LogP contribution in [0.3, 0.4) is 0 Å². The Balaban J connectivity index is 3.00. The van der Waals surface area contributed by atoms with Gasteiger partial charge in [-0.25, -0.2) is 0 Å². The van der Waals surface area contributed by atoms with Crippen molar-refractivity contribution in [1.29, 1.82) is 0 Å². The first-order valence-corrected chi connectivity index (χ1v) is 4.49. The Morgan fingerprint density at radius 1 is 1.30 bits per heavy atom. The second-order valence-electron chi connectivity index (χ2n) is 2.29. The van der Waals surface area contributed by atoms with Crippen molar-refractivity contribution in [3.63, 3.8) is 0 Å². The van der Waals surface area contributed by atoms with Gasteiger partial charge in [0.2, 0.25) is 0 Å². The van der Waals surface area contributed by atoms with Gasteiger partial charge in [0.05, 0.1) is 0 Å². The van der Waals surface area contributed by atoms with E-state index in [-0.39, 0.29) is 0 Å². The van der Waals surface area contributed by atoms with E-state index in [0.29, 0.717) is 0 Å². The third kappa shape index (κ3) is 1.72. The predicted octanol–water partition coefficient (Wildman–Crippen LogP) is 1.68. The highest BCUT2D eigenvalue weighted by molar-refractivity contribution is 6.41. The van der Waals surface area contributed by atoms with E-state index in [1.165, 1.54) is 10.8 Å². The average Bonchev–Trinajstić information content (AvgIpc) is 1.88. The second-order valence-corrected chi connectivity index (χ2v) is 3.93. The summed E-state index contributed by atoms with van der Waals surface area (Å²) < 4.78 is 0. The number of hydrogen-bond donors (Lipinski definition) is 0. The van der Waals surface area contributed by atoms with E-state index < -0.39 is 0 Å². The Kier molecular flexibility index (Phi) is 2.30. The third-order valence-corrected chi connectivity index (χ3v) is 2.17. The van der Waals surface area contributed by atoms with Crippen LogP contribution < -0.4 is 0 Å². The van der Waals surface area contributed by atoms with Crippen LogP contribution in [0, 0.1) is 0 Å². The van der Waals surface area contributed by atoms with Gasteiger partial charge in [0, 0.05) is 15.3 Å². The summed E-state index contributed by atoms with van der Waals surface area (Å²) in [6.07, 6.45) is 0. The highest BCUT2D eigenvalue weighted by atomic mass is 35.5. The molecule has 2 heteroatoms. The molecule has 0 saturated carbocycles. The minimum absolute atomic E-state index is 0.784. The smallest absolute Gasteiger partial charge is 0.0406 e. The van der Waals surface area contributed by atoms with E-state index in [9.17, 15) is 0 Å². The molecule has 0 aliphatic heterocycles. The summed E-state index contributed by atoms with van der Waals surface area (Å²) in [5.74, 6) is 0. The summed E-state index contributed by atoms with van der Waals surface area (Å²) in [4.78, 5) is 0. The Morgan fingerprint density at radius 3 is 2.20 bits per heavy atom. The van der Waals surface area contributed by atoms with Crippen LogP contribution in [0.5, 0.6) is 0 Å². The Morgan fingerprint density at radius 2 is 1.80 bits per heavy atom. The molecule has 0 saturated heterocycles. The molecule has 0 heterocycles. The predicted molar refractivity (Wildman–Crippen MR) is 50.4 cm³/mol. The summed E-state index contributed by atoms with van der Waals surface area (Å²) >= 11 is 5.70. The van der Waals surface area contributed by atoms with Gasteiger partial charge in [0.15, 0.2) is 0 Å². The quantitative estimate of drug-likeness (QED) is 0.560. The zero-order valence-electron chi connectivity index (χ0n) is 5.89. The van der Waals surface area contributed by atoms with Crippen molar-refractivity contribution in [2.75, 3.05) is 0 Å². The molecule has 0 aliphatic carbocycles. The molecule has 0 spiro atoms. The fourth-order valence-electron chi connectivity index (χ4n) is 0.734. The molecule has 52 valence electrons. The van der Waals surface area contributed by atoms with Crippen LogP contribution >= 0.6 is 11.6 Å². The maximum Gasteiger partial charge on any atom is 0.0406 e. The van der Waals surface area contributed by atoms with Crippen molar-refractivity contribution in [2.24, 2.45) is 0 Å². The zero-order chi connectivity index (χ0) is 7.56. The zero-order valence-corrected chi connectivity index (χ0v) is 8.65. The lowest BCUT2D eigenvalue weighted by Crippen LogP contribution is -1.78. The lowest BCUT2D eigenvalue weighted by molar-refractivity contribution is 1.65. The molecule has 0 N–H and O–H groups in total. The molecule has 1 rings (SSSR count). The van der Waals surface area contributed by atoms with E-state index in [4.69, 9.17) is 11.6 Å². The van der Waals surface area contributed by atoms with E-state index in [1.807, 2.05) is 24.3 Å². The number of halogens is 1. The molecule has 10 heavy (non-hydrogen) atoms. The summed E-state index contributed by atoms with van der Waals surface area (Å²) in [7, 11) is 1.02. The van der Waals surface area contributed by atoms with Crippen LogP contribution in [0.15, 0.2) is 30.8 Å². The van der Waals surface area contributed by atoms with Gasteiger partial charge in [0.1, 0.15) is 0 Å². The average molecular weight is 169 g/mol. The van der Waals surface area contributed by atoms with Crippen LogP contribution in [0.25, 0.3) is 5.20 Å². The van der Waals surface area contributed by atoms with Crippen molar-refractivity contribution >= 4 is 27.0 Å². The molecular weight excluding hydrogens is 160 g/mol. The normalized spacial score (nSPS) is 9.70. The third-order valence-electron chi connectivity index (χ3n) is 1.34.